The van der Waals surface area contributed by atoms with Gasteiger partial charge in [0.2, 0.25) is 0 Å². The molecule has 0 aromatic carbocycles. The second-order valence-electron chi connectivity index (χ2n) is 6.33. The lowest BCUT2D eigenvalue weighted by Crippen LogP contribution is -2.38. The molecule has 1 aliphatic rings. The third-order valence-corrected chi connectivity index (χ3v) is 4.70. The maximum absolute atomic E-state index is 13.1. The quantitative estimate of drug-likeness (QED) is 0.716. The molecule has 128 valence electrons. The fraction of sp³-hybridized carbons (Fsp3) is 0.316. The molecular formula is C19H20N4O2. The van der Waals surface area contributed by atoms with E-state index in [9.17, 15) is 4.79 Å². The minimum Gasteiger partial charge on any atom is -0.467 e. The number of nitrogens with zero attached hydrogens (tertiary/aromatic N) is 4. The molecule has 0 unspecified atom stereocenters. The molecule has 6 heteroatoms. The van der Waals surface area contributed by atoms with Gasteiger partial charge in [-0.15, -0.1) is 0 Å². The van der Waals surface area contributed by atoms with E-state index >= 15 is 0 Å². The van der Waals surface area contributed by atoms with Crippen LogP contribution in [0.5, 0.6) is 0 Å². The van der Waals surface area contributed by atoms with Crippen molar-refractivity contribution in [3.63, 3.8) is 0 Å². The molecule has 1 aliphatic carbocycles. The molecule has 6 nitrogen and oxygen atoms in total. The number of imidazole rings is 1. The number of hydrogen-bond donors (Lipinski definition) is 0. The van der Waals surface area contributed by atoms with E-state index < -0.39 is 0 Å². The molecule has 25 heavy (non-hydrogen) atoms. The lowest BCUT2D eigenvalue weighted by Gasteiger charge is -2.28. The average Bonchev–Trinajstić information content (AvgIpc) is 3.43. The van der Waals surface area contributed by atoms with Crippen molar-refractivity contribution in [2.45, 2.75) is 38.3 Å². The summed E-state index contributed by atoms with van der Waals surface area (Å²) in [5, 5.41) is 0. The Hall–Kier alpha value is -2.89. The summed E-state index contributed by atoms with van der Waals surface area (Å²) >= 11 is 0. The van der Waals surface area contributed by atoms with Gasteiger partial charge < -0.3 is 9.32 Å². The Labute approximate surface area is 146 Å². The largest absolute Gasteiger partial charge is 0.467 e. The monoisotopic (exact) mass is 336 g/mol. The average molecular weight is 336 g/mol. The van der Waals surface area contributed by atoms with E-state index in [1.807, 2.05) is 39.9 Å². The van der Waals surface area contributed by atoms with Crippen molar-refractivity contribution in [3.05, 3.63) is 66.8 Å². The first-order valence-corrected chi connectivity index (χ1v) is 8.59. The molecule has 0 saturated heterocycles. The van der Waals surface area contributed by atoms with Crippen LogP contribution in [-0.4, -0.2) is 31.4 Å². The molecule has 0 N–H and O–H groups in total. The second-order valence-corrected chi connectivity index (χ2v) is 6.33. The fourth-order valence-electron chi connectivity index (χ4n) is 3.38. The number of carbonyl (C=O) groups is 1. The van der Waals surface area contributed by atoms with Crippen LogP contribution in [0.15, 0.2) is 59.9 Å². The van der Waals surface area contributed by atoms with Gasteiger partial charge in [-0.05, 0) is 37.1 Å². The summed E-state index contributed by atoms with van der Waals surface area (Å²) in [7, 11) is 0. The number of hydrogen-bond acceptors (Lipinski definition) is 4. The fourth-order valence-corrected chi connectivity index (χ4v) is 3.38. The maximum atomic E-state index is 13.1. The van der Waals surface area contributed by atoms with Gasteiger partial charge in [-0.3, -0.25) is 9.36 Å². The van der Waals surface area contributed by atoms with Gasteiger partial charge in [0, 0.05) is 24.6 Å². The zero-order chi connectivity index (χ0) is 17.1. The summed E-state index contributed by atoms with van der Waals surface area (Å²) in [5.41, 5.74) is 0.599. The predicted molar refractivity (Wildman–Crippen MR) is 92.2 cm³/mol. The van der Waals surface area contributed by atoms with Gasteiger partial charge in [-0.2, -0.15) is 0 Å². The van der Waals surface area contributed by atoms with Crippen molar-refractivity contribution in [2.24, 2.45) is 0 Å². The zero-order valence-electron chi connectivity index (χ0n) is 13.9. The van der Waals surface area contributed by atoms with Crippen LogP contribution in [0.3, 0.4) is 0 Å². The highest BCUT2D eigenvalue weighted by molar-refractivity contribution is 5.94. The molecule has 1 amide bonds. The van der Waals surface area contributed by atoms with Crippen molar-refractivity contribution in [3.8, 4) is 5.82 Å². The molecule has 0 spiro atoms. The molecule has 0 atom stereocenters. The SMILES string of the molecule is O=C(c1ccc(-n2ccnc2)nc1)N(Cc1ccco1)C1CCCC1. The molecule has 1 fully saturated rings. The minimum absolute atomic E-state index is 0.00739. The number of furan rings is 1. The first-order chi connectivity index (χ1) is 12.3. The number of amides is 1. The van der Waals surface area contributed by atoms with Crippen molar-refractivity contribution in [1.82, 2.24) is 19.4 Å². The molecular weight excluding hydrogens is 316 g/mol. The number of aromatic nitrogens is 3. The molecule has 3 aromatic heterocycles. The standard InChI is InChI=1S/C19H20N4O2/c24-19(15-7-8-18(21-12-15)22-10-9-20-14-22)23(16-4-1-2-5-16)13-17-6-3-11-25-17/h3,6-12,14,16H,1-2,4-5,13H2. The van der Waals surface area contributed by atoms with E-state index in [1.165, 1.54) is 12.8 Å². The Morgan fingerprint density at radius 1 is 1.28 bits per heavy atom. The van der Waals surface area contributed by atoms with Crippen molar-refractivity contribution < 1.29 is 9.21 Å². The van der Waals surface area contributed by atoms with Crippen LogP contribution >= 0.6 is 0 Å². The van der Waals surface area contributed by atoms with E-state index in [1.54, 1.807) is 25.0 Å². The summed E-state index contributed by atoms with van der Waals surface area (Å²) in [6, 6.07) is 7.71. The third-order valence-electron chi connectivity index (χ3n) is 4.70. The highest BCUT2D eigenvalue weighted by Gasteiger charge is 2.28. The van der Waals surface area contributed by atoms with Crippen LogP contribution in [0.4, 0.5) is 0 Å². The molecule has 0 radical (unpaired) electrons. The topological polar surface area (TPSA) is 64.2 Å². The van der Waals surface area contributed by atoms with Crippen LogP contribution in [-0.2, 0) is 6.54 Å². The van der Waals surface area contributed by atoms with Crippen molar-refractivity contribution in [1.29, 1.82) is 0 Å². The molecule has 0 bridgehead atoms. The Morgan fingerprint density at radius 2 is 2.16 bits per heavy atom. The normalized spacial score (nSPS) is 14.7. The first-order valence-electron chi connectivity index (χ1n) is 8.59. The van der Waals surface area contributed by atoms with Gasteiger partial charge in [0.15, 0.2) is 0 Å². The highest BCUT2D eigenvalue weighted by Crippen LogP contribution is 2.26. The Bertz CT molecular complexity index is 804. The highest BCUT2D eigenvalue weighted by atomic mass is 16.3. The summed E-state index contributed by atoms with van der Waals surface area (Å²) in [6.45, 7) is 0.500. The van der Waals surface area contributed by atoms with Crippen LogP contribution in [0.1, 0.15) is 41.8 Å². The Morgan fingerprint density at radius 3 is 2.80 bits per heavy atom. The predicted octanol–water partition coefficient (Wildman–Crippen LogP) is 3.45. The van der Waals surface area contributed by atoms with Crippen molar-refractivity contribution in [2.75, 3.05) is 0 Å². The van der Waals surface area contributed by atoms with E-state index in [-0.39, 0.29) is 11.9 Å². The first kappa shape index (κ1) is 15.6. The third kappa shape index (κ3) is 3.33. The summed E-state index contributed by atoms with van der Waals surface area (Å²) in [6.07, 6.45) is 12.9. The zero-order valence-corrected chi connectivity index (χ0v) is 13.9. The second kappa shape index (κ2) is 6.93. The number of carbonyl (C=O) groups excluding carboxylic acids is 1. The molecule has 3 aromatic rings. The Balaban J connectivity index is 1.56. The molecule has 1 saturated carbocycles. The molecule has 0 aliphatic heterocycles. The van der Waals surface area contributed by atoms with Gasteiger partial charge in [-0.1, -0.05) is 12.8 Å². The summed E-state index contributed by atoms with van der Waals surface area (Å²) < 4.78 is 7.27. The summed E-state index contributed by atoms with van der Waals surface area (Å²) in [4.78, 5) is 23.4. The Kier molecular flexibility index (Phi) is 4.33. The van der Waals surface area contributed by atoms with Gasteiger partial charge in [0.1, 0.15) is 17.9 Å². The van der Waals surface area contributed by atoms with Gasteiger partial charge in [0.05, 0.1) is 18.4 Å². The van der Waals surface area contributed by atoms with Crippen molar-refractivity contribution >= 4 is 5.91 Å². The maximum Gasteiger partial charge on any atom is 0.256 e. The number of rotatable bonds is 5. The van der Waals surface area contributed by atoms with Crippen LogP contribution in [0.25, 0.3) is 5.82 Å². The number of pyridine rings is 1. The van der Waals surface area contributed by atoms with E-state index in [4.69, 9.17) is 4.42 Å². The van der Waals surface area contributed by atoms with Crippen LogP contribution < -0.4 is 0 Å². The van der Waals surface area contributed by atoms with E-state index in [0.29, 0.717) is 12.1 Å². The minimum atomic E-state index is 0.00739. The molecule has 3 heterocycles. The van der Waals surface area contributed by atoms with Crippen LogP contribution in [0.2, 0.25) is 0 Å². The lowest BCUT2D eigenvalue weighted by atomic mass is 10.1. The van der Waals surface area contributed by atoms with Gasteiger partial charge >= 0.3 is 0 Å². The van der Waals surface area contributed by atoms with Crippen LogP contribution in [0, 0.1) is 0 Å². The smallest absolute Gasteiger partial charge is 0.256 e. The van der Waals surface area contributed by atoms with Gasteiger partial charge in [0.25, 0.3) is 5.91 Å². The van der Waals surface area contributed by atoms with E-state index in [2.05, 4.69) is 9.97 Å². The molecule has 4 rings (SSSR count). The summed E-state index contributed by atoms with van der Waals surface area (Å²) in [5.74, 6) is 1.56. The van der Waals surface area contributed by atoms with E-state index in [0.717, 1.165) is 24.4 Å². The van der Waals surface area contributed by atoms with Gasteiger partial charge in [-0.25, -0.2) is 9.97 Å². The lowest BCUT2D eigenvalue weighted by molar-refractivity contribution is 0.0648.